The number of amides is 2. The first-order valence-corrected chi connectivity index (χ1v) is 6.75. The lowest BCUT2D eigenvalue weighted by molar-refractivity contribution is -0.140. The van der Waals surface area contributed by atoms with Gasteiger partial charge in [0, 0.05) is 25.3 Å². The van der Waals surface area contributed by atoms with Gasteiger partial charge in [0.1, 0.15) is 11.7 Å². The smallest absolute Gasteiger partial charge is 0.239 e. The molecule has 0 N–H and O–H groups in total. The molecule has 1 aliphatic rings. The molecule has 1 atom stereocenters. The molecule has 0 aromatic heterocycles. The molecule has 4 nitrogen and oxygen atoms in total. The minimum Gasteiger partial charge on any atom is -0.343 e. The van der Waals surface area contributed by atoms with E-state index in [1.807, 2.05) is 13.8 Å². The number of nitrogens with zero attached hydrogens (tertiary/aromatic N) is 2. The molecule has 20 heavy (non-hydrogen) atoms. The Morgan fingerprint density at radius 2 is 1.95 bits per heavy atom. The van der Waals surface area contributed by atoms with Crippen molar-refractivity contribution in [2.24, 2.45) is 5.92 Å². The van der Waals surface area contributed by atoms with Crippen LogP contribution in [-0.4, -0.2) is 36.3 Å². The number of halogens is 1. The second-order valence-corrected chi connectivity index (χ2v) is 5.35. The molecule has 0 radical (unpaired) electrons. The van der Waals surface area contributed by atoms with E-state index in [4.69, 9.17) is 0 Å². The van der Waals surface area contributed by atoms with Gasteiger partial charge in [-0.05, 0) is 44.5 Å². The average molecular weight is 278 g/mol. The van der Waals surface area contributed by atoms with E-state index in [0.29, 0.717) is 18.7 Å². The zero-order valence-corrected chi connectivity index (χ0v) is 12.0. The first kappa shape index (κ1) is 14.5. The molecule has 1 aliphatic heterocycles. The molecule has 5 heteroatoms. The van der Waals surface area contributed by atoms with Crippen molar-refractivity contribution in [1.82, 2.24) is 4.90 Å². The maximum Gasteiger partial charge on any atom is 0.239 e. The number of hydrogen-bond donors (Lipinski definition) is 0. The van der Waals surface area contributed by atoms with E-state index in [2.05, 4.69) is 0 Å². The van der Waals surface area contributed by atoms with E-state index >= 15 is 0 Å². The predicted molar refractivity (Wildman–Crippen MR) is 74.8 cm³/mol. The highest BCUT2D eigenvalue weighted by Crippen LogP contribution is 2.26. The number of hydrogen-bond acceptors (Lipinski definition) is 2. The zero-order valence-electron chi connectivity index (χ0n) is 12.0. The Kier molecular flexibility index (Phi) is 4.06. The topological polar surface area (TPSA) is 40.6 Å². The minimum absolute atomic E-state index is 0.0650. The number of rotatable bonds is 3. The molecule has 1 aromatic rings. The molecule has 1 fully saturated rings. The number of carbonyl (C=O) groups is 2. The van der Waals surface area contributed by atoms with E-state index in [1.165, 1.54) is 12.1 Å². The molecule has 0 aliphatic carbocycles. The van der Waals surface area contributed by atoms with Gasteiger partial charge in [0.15, 0.2) is 0 Å². The summed E-state index contributed by atoms with van der Waals surface area (Å²) in [5, 5.41) is 0. The van der Waals surface area contributed by atoms with Crippen LogP contribution >= 0.6 is 0 Å². The van der Waals surface area contributed by atoms with Gasteiger partial charge in [-0.2, -0.15) is 0 Å². The van der Waals surface area contributed by atoms with Crippen LogP contribution in [-0.2, 0) is 9.59 Å². The van der Waals surface area contributed by atoms with Crippen LogP contribution in [0.3, 0.4) is 0 Å². The molecule has 1 unspecified atom stereocenters. The van der Waals surface area contributed by atoms with Crippen LogP contribution in [0.15, 0.2) is 24.3 Å². The average Bonchev–Trinajstić information content (AvgIpc) is 2.80. The molecule has 1 saturated heterocycles. The quantitative estimate of drug-likeness (QED) is 0.794. The lowest BCUT2D eigenvalue weighted by atomic mass is 10.1. The van der Waals surface area contributed by atoms with Crippen molar-refractivity contribution < 1.29 is 14.0 Å². The largest absolute Gasteiger partial charge is 0.343 e. The summed E-state index contributed by atoms with van der Waals surface area (Å²) >= 11 is 0. The fraction of sp³-hybridized carbons (Fsp3) is 0.467. The lowest BCUT2D eigenvalue weighted by Gasteiger charge is -2.24. The van der Waals surface area contributed by atoms with Crippen LogP contribution in [0.1, 0.15) is 20.3 Å². The van der Waals surface area contributed by atoms with Crippen LogP contribution in [0.4, 0.5) is 10.1 Å². The second-order valence-electron chi connectivity index (χ2n) is 5.35. The van der Waals surface area contributed by atoms with Gasteiger partial charge in [-0.15, -0.1) is 0 Å². The number of benzene rings is 1. The van der Waals surface area contributed by atoms with Gasteiger partial charge in [-0.3, -0.25) is 9.59 Å². The summed E-state index contributed by atoms with van der Waals surface area (Å²) in [6, 6.07) is 5.82. The fourth-order valence-electron chi connectivity index (χ4n) is 2.29. The molecular weight excluding hydrogens is 259 g/mol. The van der Waals surface area contributed by atoms with Gasteiger partial charge in [-0.25, -0.2) is 4.39 Å². The molecule has 0 saturated carbocycles. The van der Waals surface area contributed by atoms with Crippen molar-refractivity contribution in [3.05, 3.63) is 30.1 Å². The summed E-state index contributed by atoms with van der Waals surface area (Å²) in [5.74, 6) is -1.30. The Morgan fingerprint density at radius 3 is 2.50 bits per heavy atom. The minimum atomic E-state index is -0.618. The SMILES string of the molecule is CC(C)N(C)C(=O)C1CCN(c2ccc(F)cc2)C1=O. The third kappa shape index (κ3) is 2.66. The highest BCUT2D eigenvalue weighted by Gasteiger charge is 2.39. The first-order chi connectivity index (χ1) is 9.41. The molecule has 2 amide bonds. The number of anilines is 1. The van der Waals surface area contributed by atoms with Crippen LogP contribution in [0, 0.1) is 11.7 Å². The van der Waals surface area contributed by atoms with Crippen molar-refractivity contribution in [2.75, 3.05) is 18.5 Å². The van der Waals surface area contributed by atoms with Gasteiger partial charge >= 0.3 is 0 Å². The monoisotopic (exact) mass is 278 g/mol. The van der Waals surface area contributed by atoms with Crippen LogP contribution in [0.5, 0.6) is 0 Å². The van der Waals surface area contributed by atoms with Crippen LogP contribution in [0.25, 0.3) is 0 Å². The van der Waals surface area contributed by atoms with Crippen molar-refractivity contribution in [3.63, 3.8) is 0 Å². The molecular formula is C15H19FN2O2. The highest BCUT2D eigenvalue weighted by atomic mass is 19.1. The summed E-state index contributed by atoms with van der Waals surface area (Å²) in [7, 11) is 1.71. The van der Waals surface area contributed by atoms with Gasteiger partial charge in [0.05, 0.1) is 0 Å². The van der Waals surface area contributed by atoms with Crippen molar-refractivity contribution in [3.8, 4) is 0 Å². The van der Waals surface area contributed by atoms with Gasteiger partial charge in [0.2, 0.25) is 11.8 Å². The summed E-state index contributed by atoms with van der Waals surface area (Å²) in [6.07, 6.45) is 0.506. The highest BCUT2D eigenvalue weighted by molar-refractivity contribution is 6.09. The van der Waals surface area contributed by atoms with Gasteiger partial charge in [-0.1, -0.05) is 0 Å². The molecule has 2 rings (SSSR count). The molecule has 1 aromatic carbocycles. The Balaban J connectivity index is 2.13. The Hall–Kier alpha value is -1.91. The summed E-state index contributed by atoms with van der Waals surface area (Å²) in [6.45, 7) is 4.32. The van der Waals surface area contributed by atoms with Crippen LogP contribution in [0.2, 0.25) is 0 Å². The van der Waals surface area contributed by atoms with Crippen molar-refractivity contribution >= 4 is 17.5 Å². The number of carbonyl (C=O) groups excluding carboxylic acids is 2. The van der Waals surface area contributed by atoms with Crippen molar-refractivity contribution in [1.29, 1.82) is 0 Å². The summed E-state index contributed by atoms with van der Waals surface area (Å²) < 4.78 is 12.9. The van der Waals surface area contributed by atoms with E-state index in [-0.39, 0.29) is 23.7 Å². The molecule has 0 spiro atoms. The predicted octanol–water partition coefficient (Wildman–Crippen LogP) is 2.05. The zero-order chi connectivity index (χ0) is 14.9. The van der Waals surface area contributed by atoms with Crippen molar-refractivity contribution in [2.45, 2.75) is 26.3 Å². The summed E-state index contributed by atoms with van der Waals surface area (Å²) in [4.78, 5) is 27.7. The molecule has 0 bridgehead atoms. The third-order valence-corrected chi connectivity index (χ3v) is 3.76. The Morgan fingerprint density at radius 1 is 1.35 bits per heavy atom. The summed E-state index contributed by atoms with van der Waals surface area (Å²) in [5.41, 5.74) is 0.638. The van der Waals surface area contributed by atoms with Gasteiger partial charge < -0.3 is 9.80 Å². The molecule has 1 heterocycles. The van der Waals surface area contributed by atoms with Gasteiger partial charge in [0.25, 0.3) is 0 Å². The Bertz CT molecular complexity index is 513. The Labute approximate surface area is 118 Å². The normalized spacial score (nSPS) is 18.8. The second kappa shape index (κ2) is 5.61. The van der Waals surface area contributed by atoms with Crippen LogP contribution < -0.4 is 4.90 Å². The van der Waals surface area contributed by atoms with E-state index in [9.17, 15) is 14.0 Å². The van der Waals surface area contributed by atoms with E-state index in [1.54, 1.807) is 29.0 Å². The standard InChI is InChI=1S/C15H19FN2O2/c1-10(2)17(3)14(19)13-8-9-18(15(13)20)12-6-4-11(16)5-7-12/h4-7,10,13H,8-9H2,1-3H3. The fourth-order valence-corrected chi connectivity index (χ4v) is 2.29. The van der Waals surface area contributed by atoms with E-state index in [0.717, 1.165) is 0 Å². The maximum absolute atomic E-state index is 12.9. The third-order valence-electron chi connectivity index (χ3n) is 3.76. The van der Waals surface area contributed by atoms with E-state index < -0.39 is 5.92 Å². The lowest BCUT2D eigenvalue weighted by Crippen LogP contribution is -2.41. The molecule has 108 valence electrons. The first-order valence-electron chi connectivity index (χ1n) is 6.75. The maximum atomic E-state index is 12.9.